The quantitative estimate of drug-likeness (QED) is 0.866. The molecule has 20 heavy (non-hydrogen) atoms. The average Bonchev–Trinajstić information content (AvgIpc) is 2.62. The highest BCUT2D eigenvalue weighted by Gasteiger charge is 2.22. The zero-order valence-corrected chi connectivity index (χ0v) is 11.7. The smallest absolute Gasteiger partial charge is 0.230 e. The fourth-order valence-corrected chi connectivity index (χ4v) is 2.59. The fourth-order valence-electron chi connectivity index (χ4n) is 2.12. The molecule has 0 saturated heterocycles. The topological polar surface area (TPSA) is 62.1 Å². The van der Waals surface area contributed by atoms with Gasteiger partial charge in [0.25, 0.3) is 0 Å². The molecule has 1 amide bonds. The first-order chi connectivity index (χ1) is 9.70. The number of amides is 1. The Morgan fingerprint density at radius 2 is 2.45 bits per heavy atom. The first kappa shape index (κ1) is 14.7. The van der Waals surface area contributed by atoms with E-state index in [1.165, 1.54) is 23.9 Å². The van der Waals surface area contributed by atoms with Gasteiger partial charge in [0.1, 0.15) is 11.6 Å². The van der Waals surface area contributed by atoms with E-state index in [0.29, 0.717) is 24.3 Å². The van der Waals surface area contributed by atoms with Gasteiger partial charge in [0.15, 0.2) is 0 Å². The molecule has 106 valence electrons. The third kappa shape index (κ3) is 3.87. The predicted octanol–water partition coefficient (Wildman–Crippen LogP) is 2.41. The van der Waals surface area contributed by atoms with Crippen LogP contribution in [-0.2, 0) is 4.79 Å². The molecule has 0 saturated carbocycles. The Hall–Kier alpha value is -1.74. The van der Waals surface area contributed by atoms with Gasteiger partial charge in [-0.1, -0.05) is 0 Å². The SMILES string of the molecule is N#CCSCC(=O)NC1CCCOc2ccc(F)cc21. The summed E-state index contributed by atoms with van der Waals surface area (Å²) in [6.45, 7) is 0.564. The van der Waals surface area contributed by atoms with Gasteiger partial charge in [0, 0.05) is 5.56 Å². The fraction of sp³-hybridized carbons (Fsp3) is 0.429. The Balaban J connectivity index is 2.06. The second-order valence-corrected chi connectivity index (χ2v) is 5.43. The Bertz CT molecular complexity index is 530. The second kappa shape index (κ2) is 7.15. The number of benzene rings is 1. The Morgan fingerprint density at radius 1 is 1.60 bits per heavy atom. The number of rotatable bonds is 4. The van der Waals surface area contributed by atoms with Crippen molar-refractivity contribution in [2.24, 2.45) is 0 Å². The van der Waals surface area contributed by atoms with Gasteiger partial charge < -0.3 is 10.1 Å². The first-order valence-electron chi connectivity index (χ1n) is 6.37. The molecule has 1 aliphatic heterocycles. The molecular formula is C14H15FN2O2S. The van der Waals surface area contributed by atoms with E-state index in [2.05, 4.69) is 5.32 Å². The number of hydrogen-bond acceptors (Lipinski definition) is 4. The minimum atomic E-state index is -0.340. The highest BCUT2D eigenvalue weighted by atomic mass is 32.2. The van der Waals surface area contributed by atoms with Crippen LogP contribution in [0.2, 0.25) is 0 Å². The number of nitrogens with zero attached hydrogens (tertiary/aromatic N) is 1. The van der Waals surface area contributed by atoms with E-state index in [-0.39, 0.29) is 29.3 Å². The Kier molecular flexibility index (Phi) is 5.24. The molecule has 0 bridgehead atoms. The lowest BCUT2D eigenvalue weighted by atomic mass is 10.0. The summed E-state index contributed by atoms with van der Waals surface area (Å²) in [5.41, 5.74) is 0.682. The van der Waals surface area contributed by atoms with Crippen molar-refractivity contribution in [1.82, 2.24) is 5.32 Å². The lowest BCUT2D eigenvalue weighted by Gasteiger charge is -2.18. The minimum Gasteiger partial charge on any atom is -0.493 e. The lowest BCUT2D eigenvalue weighted by molar-refractivity contribution is -0.119. The molecule has 1 aliphatic rings. The predicted molar refractivity (Wildman–Crippen MR) is 75.0 cm³/mol. The van der Waals surface area contributed by atoms with Crippen LogP contribution in [0.4, 0.5) is 4.39 Å². The van der Waals surface area contributed by atoms with E-state index < -0.39 is 0 Å². The lowest BCUT2D eigenvalue weighted by Crippen LogP contribution is -2.30. The molecule has 0 fully saturated rings. The third-order valence-electron chi connectivity index (χ3n) is 2.98. The summed E-state index contributed by atoms with van der Waals surface area (Å²) in [5, 5.41) is 11.3. The van der Waals surface area contributed by atoms with Gasteiger partial charge in [-0.3, -0.25) is 4.79 Å². The number of hydrogen-bond donors (Lipinski definition) is 1. The van der Waals surface area contributed by atoms with Crippen molar-refractivity contribution >= 4 is 17.7 Å². The Morgan fingerprint density at radius 3 is 3.25 bits per heavy atom. The molecule has 1 aromatic carbocycles. The summed E-state index contributed by atoms with van der Waals surface area (Å²) in [7, 11) is 0. The highest BCUT2D eigenvalue weighted by molar-refractivity contribution is 8.00. The Labute approximate surface area is 121 Å². The largest absolute Gasteiger partial charge is 0.493 e. The normalized spacial score (nSPS) is 17.3. The van der Waals surface area contributed by atoms with E-state index in [0.717, 1.165) is 6.42 Å². The second-order valence-electron chi connectivity index (χ2n) is 4.44. The van der Waals surface area contributed by atoms with Crippen molar-refractivity contribution in [1.29, 1.82) is 5.26 Å². The standard InChI is InChI=1S/C14H15FN2O2S/c15-10-3-4-13-11(8-10)12(2-1-6-19-13)17-14(18)9-20-7-5-16/h3-4,8,12H,1-2,6-7,9H2,(H,17,18). The molecule has 0 aliphatic carbocycles. The average molecular weight is 294 g/mol. The number of fused-ring (bicyclic) bond motifs is 1. The molecule has 4 nitrogen and oxygen atoms in total. The molecule has 0 aromatic heterocycles. The molecule has 0 spiro atoms. The maximum atomic E-state index is 13.4. The van der Waals surface area contributed by atoms with Crippen LogP contribution in [0, 0.1) is 17.1 Å². The van der Waals surface area contributed by atoms with Crippen LogP contribution in [0.25, 0.3) is 0 Å². The third-order valence-corrected chi connectivity index (χ3v) is 3.78. The first-order valence-corrected chi connectivity index (χ1v) is 7.52. The van der Waals surface area contributed by atoms with Gasteiger partial charge in [-0.25, -0.2) is 4.39 Å². The zero-order chi connectivity index (χ0) is 14.4. The summed E-state index contributed by atoms with van der Waals surface area (Å²) in [5.74, 6) is 0.653. The summed E-state index contributed by atoms with van der Waals surface area (Å²) >= 11 is 1.26. The molecule has 6 heteroatoms. The summed E-state index contributed by atoms with van der Waals surface area (Å²) in [6, 6.07) is 6.10. The van der Waals surface area contributed by atoms with E-state index in [9.17, 15) is 9.18 Å². The van der Waals surface area contributed by atoms with E-state index in [1.54, 1.807) is 6.07 Å². The number of carbonyl (C=O) groups is 1. The molecule has 1 aromatic rings. The van der Waals surface area contributed by atoms with Gasteiger partial charge in [-0.2, -0.15) is 5.26 Å². The van der Waals surface area contributed by atoms with E-state index >= 15 is 0 Å². The number of ether oxygens (including phenoxy) is 1. The highest BCUT2D eigenvalue weighted by Crippen LogP contribution is 2.32. The van der Waals surface area contributed by atoms with Gasteiger partial charge >= 0.3 is 0 Å². The summed E-state index contributed by atoms with van der Waals surface area (Å²) in [4.78, 5) is 11.8. The molecule has 1 atom stereocenters. The summed E-state index contributed by atoms with van der Waals surface area (Å²) in [6.07, 6.45) is 1.51. The number of nitrogens with one attached hydrogen (secondary N) is 1. The molecule has 1 N–H and O–H groups in total. The van der Waals surface area contributed by atoms with Crippen LogP contribution in [0.1, 0.15) is 24.4 Å². The van der Waals surface area contributed by atoms with Crippen molar-refractivity contribution in [2.75, 3.05) is 18.1 Å². The van der Waals surface area contributed by atoms with Crippen molar-refractivity contribution in [2.45, 2.75) is 18.9 Å². The number of halogens is 1. The van der Waals surface area contributed by atoms with Crippen LogP contribution in [0.5, 0.6) is 5.75 Å². The van der Waals surface area contributed by atoms with Crippen LogP contribution in [0.15, 0.2) is 18.2 Å². The van der Waals surface area contributed by atoms with Crippen LogP contribution < -0.4 is 10.1 Å². The zero-order valence-electron chi connectivity index (χ0n) is 10.9. The monoisotopic (exact) mass is 294 g/mol. The van der Waals surface area contributed by atoms with Gasteiger partial charge in [-0.15, -0.1) is 11.8 Å². The van der Waals surface area contributed by atoms with E-state index in [4.69, 9.17) is 10.00 Å². The van der Waals surface area contributed by atoms with Crippen molar-refractivity contribution < 1.29 is 13.9 Å². The van der Waals surface area contributed by atoms with Crippen LogP contribution in [0.3, 0.4) is 0 Å². The maximum absolute atomic E-state index is 13.4. The number of nitriles is 1. The maximum Gasteiger partial charge on any atom is 0.230 e. The minimum absolute atomic E-state index is 0.146. The van der Waals surface area contributed by atoms with Gasteiger partial charge in [0.2, 0.25) is 5.91 Å². The molecule has 1 heterocycles. The summed E-state index contributed by atoms with van der Waals surface area (Å²) < 4.78 is 18.9. The van der Waals surface area contributed by atoms with Gasteiger partial charge in [-0.05, 0) is 31.0 Å². The number of thioether (sulfide) groups is 1. The van der Waals surface area contributed by atoms with Crippen molar-refractivity contribution in [3.05, 3.63) is 29.6 Å². The van der Waals surface area contributed by atoms with Crippen LogP contribution in [-0.4, -0.2) is 24.0 Å². The molecule has 0 radical (unpaired) electrons. The van der Waals surface area contributed by atoms with Gasteiger partial charge in [0.05, 0.1) is 30.2 Å². The van der Waals surface area contributed by atoms with Crippen molar-refractivity contribution in [3.8, 4) is 11.8 Å². The molecule has 1 unspecified atom stereocenters. The molecular weight excluding hydrogens is 279 g/mol. The number of carbonyl (C=O) groups excluding carboxylic acids is 1. The van der Waals surface area contributed by atoms with E-state index in [1.807, 2.05) is 6.07 Å². The molecule has 2 rings (SSSR count). The van der Waals surface area contributed by atoms with Crippen molar-refractivity contribution in [3.63, 3.8) is 0 Å². The van der Waals surface area contributed by atoms with Crippen LogP contribution >= 0.6 is 11.8 Å².